The molecule has 0 bridgehead atoms. The van der Waals surface area contributed by atoms with E-state index >= 15 is 0 Å². The summed E-state index contributed by atoms with van der Waals surface area (Å²) in [7, 11) is 0. The van der Waals surface area contributed by atoms with E-state index < -0.39 is 0 Å². The largest absolute Gasteiger partial charge is 0.469 e. The van der Waals surface area contributed by atoms with Crippen LogP contribution in [-0.4, -0.2) is 12.6 Å². The van der Waals surface area contributed by atoms with Crippen LogP contribution in [0.2, 0.25) is 0 Å². The molecule has 2 unspecified atom stereocenters. The molecule has 1 aliphatic carbocycles. The third-order valence-corrected chi connectivity index (χ3v) is 3.30. The molecule has 1 aromatic carbocycles. The lowest BCUT2D eigenvalue weighted by Crippen LogP contribution is -2.16. The van der Waals surface area contributed by atoms with Gasteiger partial charge in [0.2, 0.25) is 6.29 Å². The first-order valence-corrected chi connectivity index (χ1v) is 6.09. The zero-order chi connectivity index (χ0) is 12.4. The van der Waals surface area contributed by atoms with Crippen LogP contribution in [0.5, 0.6) is 0 Å². The van der Waals surface area contributed by atoms with Crippen LogP contribution in [0.1, 0.15) is 34.0 Å². The number of benzene rings is 1. The maximum absolute atomic E-state index is 10.8. The number of aldehydes is 1. The van der Waals surface area contributed by atoms with E-state index in [1.807, 2.05) is 36.4 Å². The van der Waals surface area contributed by atoms with Gasteiger partial charge in [0.15, 0.2) is 0 Å². The van der Waals surface area contributed by atoms with Crippen molar-refractivity contribution < 1.29 is 14.3 Å². The van der Waals surface area contributed by atoms with Crippen LogP contribution in [0.4, 0.5) is 0 Å². The van der Waals surface area contributed by atoms with Gasteiger partial charge in [-0.15, -0.1) is 0 Å². The maximum Gasteiger partial charge on any atom is 0.219 e. The molecule has 0 fully saturated rings. The number of hydrogen-bond acceptors (Lipinski definition) is 3. The van der Waals surface area contributed by atoms with E-state index in [0.29, 0.717) is 5.56 Å². The van der Waals surface area contributed by atoms with E-state index in [9.17, 15) is 4.79 Å². The Balaban J connectivity index is 1.78. The molecular formula is C15H14O3. The van der Waals surface area contributed by atoms with Crippen LogP contribution in [-0.2, 0) is 15.9 Å². The summed E-state index contributed by atoms with van der Waals surface area (Å²) in [6.45, 7) is 0. The second kappa shape index (κ2) is 4.78. The van der Waals surface area contributed by atoms with Gasteiger partial charge in [0, 0.05) is 5.56 Å². The topological polar surface area (TPSA) is 35.5 Å². The summed E-state index contributed by atoms with van der Waals surface area (Å²) in [4.78, 5) is 10.8. The summed E-state index contributed by atoms with van der Waals surface area (Å²) >= 11 is 0. The molecular weight excluding hydrogens is 228 g/mol. The van der Waals surface area contributed by atoms with E-state index in [2.05, 4.69) is 0 Å². The van der Waals surface area contributed by atoms with Gasteiger partial charge in [-0.3, -0.25) is 4.79 Å². The first kappa shape index (κ1) is 11.2. The molecule has 3 heteroatoms. The third kappa shape index (κ3) is 2.09. The molecule has 92 valence electrons. The Labute approximate surface area is 106 Å². The van der Waals surface area contributed by atoms with Crippen molar-refractivity contribution in [3.05, 3.63) is 59.4 Å². The van der Waals surface area contributed by atoms with Crippen molar-refractivity contribution >= 4 is 6.29 Å². The Morgan fingerprint density at radius 2 is 2.28 bits per heavy atom. The highest BCUT2D eigenvalue weighted by Gasteiger charge is 2.26. The predicted octanol–water partition coefficient (Wildman–Crippen LogP) is 2.93. The monoisotopic (exact) mass is 242 g/mol. The lowest BCUT2D eigenvalue weighted by Gasteiger charge is -2.21. The zero-order valence-electron chi connectivity index (χ0n) is 9.91. The van der Waals surface area contributed by atoms with E-state index in [4.69, 9.17) is 9.47 Å². The Morgan fingerprint density at radius 1 is 1.33 bits per heavy atom. The molecule has 3 rings (SSSR count). The summed E-state index contributed by atoms with van der Waals surface area (Å²) in [5.74, 6) is 0. The molecule has 2 aliphatic rings. The van der Waals surface area contributed by atoms with Gasteiger partial charge in [-0.05, 0) is 42.2 Å². The van der Waals surface area contributed by atoms with E-state index in [1.165, 1.54) is 5.56 Å². The van der Waals surface area contributed by atoms with Gasteiger partial charge in [0.05, 0.1) is 12.4 Å². The SMILES string of the molecule is O=Cc1ccc2c(c1)C(OC1C=CC=CO1)CC2. The maximum atomic E-state index is 10.8. The molecule has 0 N–H and O–H groups in total. The van der Waals surface area contributed by atoms with E-state index in [0.717, 1.165) is 24.7 Å². The number of ether oxygens (including phenoxy) is 2. The fourth-order valence-corrected chi connectivity index (χ4v) is 2.41. The highest BCUT2D eigenvalue weighted by molar-refractivity contribution is 5.75. The van der Waals surface area contributed by atoms with Gasteiger partial charge in [-0.25, -0.2) is 0 Å². The number of hydrogen-bond donors (Lipinski definition) is 0. The second-order valence-electron chi connectivity index (χ2n) is 4.46. The third-order valence-electron chi connectivity index (χ3n) is 3.30. The first-order valence-electron chi connectivity index (χ1n) is 6.09. The fourth-order valence-electron chi connectivity index (χ4n) is 2.41. The quantitative estimate of drug-likeness (QED) is 0.764. The molecule has 0 saturated carbocycles. The Kier molecular flexibility index (Phi) is 2.99. The number of carbonyl (C=O) groups excluding carboxylic acids is 1. The predicted molar refractivity (Wildman–Crippen MR) is 67.1 cm³/mol. The van der Waals surface area contributed by atoms with Crippen molar-refractivity contribution in [2.75, 3.05) is 0 Å². The van der Waals surface area contributed by atoms with Crippen molar-refractivity contribution in [1.82, 2.24) is 0 Å². The zero-order valence-corrected chi connectivity index (χ0v) is 9.91. The molecule has 1 heterocycles. The number of rotatable bonds is 3. The summed E-state index contributed by atoms with van der Waals surface area (Å²) < 4.78 is 11.3. The Morgan fingerprint density at radius 3 is 3.06 bits per heavy atom. The van der Waals surface area contributed by atoms with E-state index in [-0.39, 0.29) is 12.4 Å². The van der Waals surface area contributed by atoms with Crippen molar-refractivity contribution in [1.29, 1.82) is 0 Å². The smallest absolute Gasteiger partial charge is 0.219 e. The van der Waals surface area contributed by atoms with Crippen LogP contribution in [0.3, 0.4) is 0 Å². The number of carbonyl (C=O) groups is 1. The number of allylic oxidation sites excluding steroid dienone is 2. The molecule has 0 radical (unpaired) electrons. The molecule has 0 aromatic heterocycles. The molecule has 1 aromatic rings. The van der Waals surface area contributed by atoms with Crippen molar-refractivity contribution in [2.45, 2.75) is 25.2 Å². The summed E-state index contributed by atoms with van der Waals surface area (Å²) in [5, 5.41) is 0. The first-order chi connectivity index (χ1) is 8.86. The van der Waals surface area contributed by atoms with Crippen molar-refractivity contribution in [3.8, 4) is 0 Å². The molecule has 0 saturated heterocycles. The number of aryl methyl sites for hydroxylation is 1. The second-order valence-corrected chi connectivity index (χ2v) is 4.46. The molecule has 0 amide bonds. The lowest BCUT2D eigenvalue weighted by molar-refractivity contribution is -0.113. The minimum atomic E-state index is -0.328. The van der Waals surface area contributed by atoms with Gasteiger partial charge in [-0.1, -0.05) is 18.2 Å². The van der Waals surface area contributed by atoms with Crippen LogP contribution < -0.4 is 0 Å². The average molecular weight is 242 g/mol. The van der Waals surface area contributed by atoms with Crippen LogP contribution in [0, 0.1) is 0 Å². The van der Waals surface area contributed by atoms with Crippen LogP contribution in [0.25, 0.3) is 0 Å². The number of fused-ring (bicyclic) bond motifs is 1. The van der Waals surface area contributed by atoms with Crippen LogP contribution >= 0.6 is 0 Å². The van der Waals surface area contributed by atoms with E-state index in [1.54, 1.807) is 6.26 Å². The van der Waals surface area contributed by atoms with Gasteiger partial charge in [0.1, 0.15) is 6.29 Å². The van der Waals surface area contributed by atoms with Crippen molar-refractivity contribution in [2.24, 2.45) is 0 Å². The summed E-state index contributed by atoms with van der Waals surface area (Å²) in [5.41, 5.74) is 3.08. The van der Waals surface area contributed by atoms with Gasteiger partial charge in [0.25, 0.3) is 0 Å². The standard InChI is InChI=1S/C15H14O3/c16-10-11-4-5-12-6-7-14(13(12)9-11)18-15-3-1-2-8-17-15/h1-5,8-10,14-15H,6-7H2. The fraction of sp³-hybridized carbons (Fsp3) is 0.267. The van der Waals surface area contributed by atoms with Gasteiger partial charge in [-0.2, -0.15) is 0 Å². The van der Waals surface area contributed by atoms with Crippen LogP contribution in [0.15, 0.2) is 42.7 Å². The molecule has 18 heavy (non-hydrogen) atoms. The lowest BCUT2D eigenvalue weighted by atomic mass is 10.1. The minimum absolute atomic E-state index is 0.0149. The average Bonchev–Trinajstić information content (AvgIpc) is 2.82. The van der Waals surface area contributed by atoms with Crippen molar-refractivity contribution in [3.63, 3.8) is 0 Å². The molecule has 0 spiro atoms. The van der Waals surface area contributed by atoms with Gasteiger partial charge < -0.3 is 9.47 Å². The molecule has 3 nitrogen and oxygen atoms in total. The van der Waals surface area contributed by atoms with Gasteiger partial charge >= 0.3 is 0 Å². The summed E-state index contributed by atoms with van der Waals surface area (Å²) in [6.07, 6.45) is 9.73. The normalized spacial score (nSPS) is 24.7. The summed E-state index contributed by atoms with van der Waals surface area (Å²) in [6, 6.07) is 5.79. The molecule has 2 atom stereocenters. The molecule has 1 aliphatic heterocycles. The highest BCUT2D eigenvalue weighted by atomic mass is 16.7. The Bertz CT molecular complexity index is 516. The highest BCUT2D eigenvalue weighted by Crippen LogP contribution is 2.35. The minimum Gasteiger partial charge on any atom is -0.469 e. The Hall–Kier alpha value is -1.87.